The fraction of sp³-hybridized carbons (Fsp3) is 0.115. The summed E-state index contributed by atoms with van der Waals surface area (Å²) in [6.07, 6.45) is 0. The van der Waals surface area contributed by atoms with E-state index >= 15 is 0 Å². The molecule has 5 heteroatoms. The Morgan fingerprint density at radius 2 is 1.26 bits per heavy atom. The number of ketones is 2. The highest BCUT2D eigenvalue weighted by atomic mass is 16.6. The molecule has 0 N–H and O–H groups in total. The van der Waals surface area contributed by atoms with Crippen LogP contribution < -0.4 is 0 Å². The van der Waals surface area contributed by atoms with Crippen molar-refractivity contribution in [3.8, 4) is 0 Å². The van der Waals surface area contributed by atoms with Crippen molar-refractivity contribution in [3.63, 3.8) is 0 Å². The maximum absolute atomic E-state index is 13.2. The third kappa shape index (κ3) is 4.37. The van der Waals surface area contributed by atoms with Gasteiger partial charge in [-0.1, -0.05) is 84.9 Å². The summed E-state index contributed by atoms with van der Waals surface area (Å²) < 4.78 is 10.8. The van der Waals surface area contributed by atoms with Crippen LogP contribution in [-0.2, 0) is 20.9 Å². The molecule has 0 bridgehead atoms. The standard InChI is InChI=1S/C26H20O5/c27-24-20-13-7-8-14-21(20)25(28)23(22(24)19-11-5-2-6-12-19)26(29)31-16-15-30-17-18-9-3-1-4-10-18/h1-14H,15-17H2. The van der Waals surface area contributed by atoms with Gasteiger partial charge in [0.1, 0.15) is 12.2 Å². The first-order chi connectivity index (χ1) is 15.2. The molecule has 31 heavy (non-hydrogen) atoms. The van der Waals surface area contributed by atoms with Gasteiger partial charge in [0, 0.05) is 16.7 Å². The third-order valence-electron chi connectivity index (χ3n) is 4.96. The predicted octanol–water partition coefficient (Wildman–Crippen LogP) is 4.28. The molecule has 0 atom stereocenters. The van der Waals surface area contributed by atoms with Gasteiger partial charge in [-0.3, -0.25) is 9.59 Å². The number of benzene rings is 3. The van der Waals surface area contributed by atoms with E-state index < -0.39 is 11.8 Å². The second-order valence-electron chi connectivity index (χ2n) is 6.99. The summed E-state index contributed by atoms with van der Waals surface area (Å²) in [5.74, 6) is -1.70. The highest BCUT2D eigenvalue weighted by Gasteiger charge is 2.37. The molecule has 3 aromatic rings. The Hall–Kier alpha value is -3.83. The minimum atomic E-state index is -0.824. The molecule has 0 radical (unpaired) electrons. The quantitative estimate of drug-likeness (QED) is 0.329. The summed E-state index contributed by atoms with van der Waals surface area (Å²) >= 11 is 0. The van der Waals surface area contributed by atoms with Gasteiger partial charge in [-0.2, -0.15) is 0 Å². The van der Waals surface area contributed by atoms with Crippen LogP contribution in [0, 0.1) is 0 Å². The summed E-state index contributed by atoms with van der Waals surface area (Å²) in [6, 6.07) is 24.8. The van der Waals surface area contributed by atoms with Crippen LogP contribution >= 0.6 is 0 Å². The number of hydrogen-bond donors (Lipinski definition) is 0. The smallest absolute Gasteiger partial charge is 0.343 e. The van der Waals surface area contributed by atoms with Gasteiger partial charge in [0.25, 0.3) is 0 Å². The molecule has 0 heterocycles. The molecule has 1 aliphatic carbocycles. The van der Waals surface area contributed by atoms with Gasteiger partial charge < -0.3 is 9.47 Å². The van der Waals surface area contributed by atoms with Crippen molar-refractivity contribution < 1.29 is 23.9 Å². The van der Waals surface area contributed by atoms with Crippen LogP contribution in [0.1, 0.15) is 31.8 Å². The molecule has 0 saturated carbocycles. The molecule has 154 valence electrons. The molecule has 0 fully saturated rings. The summed E-state index contributed by atoms with van der Waals surface area (Å²) in [4.78, 5) is 39.2. The zero-order valence-corrected chi connectivity index (χ0v) is 16.7. The molecular formula is C26H20O5. The van der Waals surface area contributed by atoms with Crippen molar-refractivity contribution in [3.05, 3.63) is 113 Å². The Kier molecular flexibility index (Phi) is 6.15. The van der Waals surface area contributed by atoms with Crippen LogP contribution in [0.25, 0.3) is 5.57 Å². The highest BCUT2D eigenvalue weighted by Crippen LogP contribution is 2.33. The summed E-state index contributed by atoms with van der Waals surface area (Å²) in [5, 5.41) is 0. The Balaban J connectivity index is 1.53. The molecule has 0 amide bonds. The lowest BCUT2D eigenvalue weighted by atomic mass is 9.81. The number of carbonyl (C=O) groups excluding carboxylic acids is 3. The maximum Gasteiger partial charge on any atom is 0.343 e. The van der Waals surface area contributed by atoms with E-state index in [0.29, 0.717) is 12.2 Å². The van der Waals surface area contributed by atoms with E-state index in [9.17, 15) is 14.4 Å². The van der Waals surface area contributed by atoms with Gasteiger partial charge >= 0.3 is 5.97 Å². The van der Waals surface area contributed by atoms with Crippen LogP contribution in [0.2, 0.25) is 0 Å². The lowest BCUT2D eigenvalue weighted by Crippen LogP contribution is -2.27. The van der Waals surface area contributed by atoms with Gasteiger partial charge in [0.05, 0.1) is 13.2 Å². The zero-order valence-electron chi connectivity index (χ0n) is 16.7. The van der Waals surface area contributed by atoms with Crippen molar-refractivity contribution in [1.29, 1.82) is 0 Å². The summed E-state index contributed by atoms with van der Waals surface area (Å²) in [6.45, 7) is 0.537. The van der Waals surface area contributed by atoms with Crippen LogP contribution in [0.15, 0.2) is 90.5 Å². The number of esters is 1. The Morgan fingerprint density at radius 3 is 1.94 bits per heavy atom. The molecular weight excluding hydrogens is 392 g/mol. The molecule has 4 rings (SSSR count). The number of allylic oxidation sites excluding steroid dienone is 1. The second-order valence-corrected chi connectivity index (χ2v) is 6.99. The molecule has 5 nitrogen and oxygen atoms in total. The highest BCUT2D eigenvalue weighted by molar-refractivity contribution is 6.46. The maximum atomic E-state index is 13.2. The lowest BCUT2D eigenvalue weighted by Gasteiger charge is -2.20. The van der Waals surface area contributed by atoms with Gasteiger partial charge in [0.2, 0.25) is 5.78 Å². The minimum Gasteiger partial charge on any atom is -0.460 e. The van der Waals surface area contributed by atoms with Crippen molar-refractivity contribution in [2.75, 3.05) is 13.2 Å². The van der Waals surface area contributed by atoms with E-state index in [1.165, 1.54) is 0 Å². The molecule has 0 aliphatic heterocycles. The van der Waals surface area contributed by atoms with Gasteiger partial charge in [-0.25, -0.2) is 4.79 Å². The van der Waals surface area contributed by atoms with Crippen molar-refractivity contribution >= 4 is 23.1 Å². The first kappa shape index (κ1) is 20.4. The zero-order chi connectivity index (χ0) is 21.6. The third-order valence-corrected chi connectivity index (χ3v) is 4.96. The van der Waals surface area contributed by atoms with E-state index in [-0.39, 0.29) is 41.3 Å². The number of fused-ring (bicyclic) bond motifs is 1. The van der Waals surface area contributed by atoms with Crippen LogP contribution in [-0.4, -0.2) is 30.7 Å². The number of carbonyl (C=O) groups is 3. The molecule has 1 aliphatic rings. The van der Waals surface area contributed by atoms with Gasteiger partial charge in [0.15, 0.2) is 5.78 Å². The summed E-state index contributed by atoms with van der Waals surface area (Å²) in [7, 11) is 0. The Labute approximate surface area is 179 Å². The molecule has 0 aromatic heterocycles. The van der Waals surface area contributed by atoms with Crippen molar-refractivity contribution in [2.24, 2.45) is 0 Å². The topological polar surface area (TPSA) is 69.7 Å². The summed E-state index contributed by atoms with van der Waals surface area (Å²) in [5.41, 5.74) is 1.83. The number of Topliss-reactive ketones (excluding diaryl/α,β-unsaturated/α-hetero) is 2. The van der Waals surface area contributed by atoms with E-state index in [0.717, 1.165) is 5.56 Å². The fourth-order valence-corrected chi connectivity index (χ4v) is 3.48. The fourth-order valence-electron chi connectivity index (χ4n) is 3.48. The van der Waals surface area contributed by atoms with Gasteiger partial charge in [-0.05, 0) is 11.1 Å². The average Bonchev–Trinajstić information content (AvgIpc) is 2.82. The molecule has 0 saturated heterocycles. The first-order valence-corrected chi connectivity index (χ1v) is 9.93. The molecule has 0 spiro atoms. The van der Waals surface area contributed by atoms with E-state index in [1.54, 1.807) is 54.6 Å². The molecule has 3 aromatic carbocycles. The second kappa shape index (κ2) is 9.32. The SMILES string of the molecule is O=C(OCCOCc1ccccc1)C1=C(c2ccccc2)C(=O)c2ccccc2C1=O. The van der Waals surface area contributed by atoms with Crippen LogP contribution in [0.3, 0.4) is 0 Å². The van der Waals surface area contributed by atoms with E-state index in [2.05, 4.69) is 0 Å². The van der Waals surface area contributed by atoms with E-state index in [1.807, 2.05) is 30.3 Å². The monoisotopic (exact) mass is 412 g/mol. The predicted molar refractivity (Wildman–Crippen MR) is 116 cm³/mol. The Morgan fingerprint density at radius 1 is 0.677 bits per heavy atom. The first-order valence-electron chi connectivity index (χ1n) is 9.93. The van der Waals surface area contributed by atoms with Crippen molar-refractivity contribution in [2.45, 2.75) is 6.61 Å². The number of ether oxygens (including phenoxy) is 2. The molecule has 0 unspecified atom stereocenters. The average molecular weight is 412 g/mol. The minimum absolute atomic E-state index is 0.0274. The van der Waals surface area contributed by atoms with Crippen LogP contribution in [0.4, 0.5) is 0 Å². The van der Waals surface area contributed by atoms with Gasteiger partial charge in [-0.15, -0.1) is 0 Å². The normalized spacial score (nSPS) is 13.2. The number of hydrogen-bond acceptors (Lipinski definition) is 5. The number of rotatable bonds is 7. The van der Waals surface area contributed by atoms with Crippen molar-refractivity contribution in [1.82, 2.24) is 0 Å². The Bertz CT molecular complexity index is 1150. The largest absolute Gasteiger partial charge is 0.460 e. The van der Waals surface area contributed by atoms with Crippen LogP contribution in [0.5, 0.6) is 0 Å². The lowest BCUT2D eigenvalue weighted by molar-refractivity contribution is -0.140. The van der Waals surface area contributed by atoms with E-state index in [4.69, 9.17) is 9.47 Å².